The predicted molar refractivity (Wildman–Crippen MR) is 61.4 cm³/mol. The van der Waals surface area contributed by atoms with E-state index in [4.69, 9.17) is 10.8 Å². The van der Waals surface area contributed by atoms with Gasteiger partial charge in [-0.3, -0.25) is 0 Å². The summed E-state index contributed by atoms with van der Waals surface area (Å²) in [5.41, 5.74) is 6.02. The third-order valence-corrected chi connectivity index (χ3v) is 2.91. The van der Waals surface area contributed by atoms with E-state index in [0.29, 0.717) is 23.5 Å². The zero-order valence-corrected chi connectivity index (χ0v) is 9.10. The van der Waals surface area contributed by atoms with Crippen LogP contribution in [0.5, 0.6) is 0 Å². The second-order valence-corrected chi connectivity index (χ2v) is 4.12. The van der Waals surface area contributed by atoms with Crippen molar-refractivity contribution in [1.82, 2.24) is 4.98 Å². The molecule has 1 aliphatic carbocycles. The monoisotopic (exact) mass is 221 g/mol. The lowest BCUT2D eigenvalue weighted by atomic mass is 10.2. The number of nitrogen functional groups attached to an aromatic ring is 1. The second kappa shape index (κ2) is 4.00. The molecule has 2 rings (SSSR count). The molecule has 4 N–H and O–H groups in total. The molecule has 1 saturated carbocycles. The SMILES string of the molecule is CCC1CC1Nc1ncc(N)cc1C(=O)O. The highest BCUT2D eigenvalue weighted by Crippen LogP contribution is 2.36. The van der Waals surface area contributed by atoms with Crippen LogP contribution in [-0.4, -0.2) is 22.1 Å². The maximum atomic E-state index is 11.0. The summed E-state index contributed by atoms with van der Waals surface area (Å²) >= 11 is 0. The molecule has 0 radical (unpaired) electrons. The molecule has 2 unspecified atom stereocenters. The van der Waals surface area contributed by atoms with Crippen molar-refractivity contribution in [2.24, 2.45) is 5.92 Å². The van der Waals surface area contributed by atoms with Gasteiger partial charge in [0.15, 0.2) is 0 Å². The minimum Gasteiger partial charge on any atom is -0.478 e. The van der Waals surface area contributed by atoms with E-state index < -0.39 is 5.97 Å². The number of nitrogens with two attached hydrogens (primary N) is 1. The molecule has 1 heterocycles. The summed E-state index contributed by atoms with van der Waals surface area (Å²) in [7, 11) is 0. The molecule has 86 valence electrons. The molecular formula is C11H15N3O2. The van der Waals surface area contributed by atoms with Crippen LogP contribution in [-0.2, 0) is 0 Å². The van der Waals surface area contributed by atoms with Crippen LogP contribution >= 0.6 is 0 Å². The maximum Gasteiger partial charge on any atom is 0.339 e. The fraction of sp³-hybridized carbons (Fsp3) is 0.455. The maximum absolute atomic E-state index is 11.0. The number of anilines is 2. The minimum absolute atomic E-state index is 0.141. The summed E-state index contributed by atoms with van der Waals surface area (Å²) in [5, 5.41) is 12.2. The van der Waals surface area contributed by atoms with Crippen molar-refractivity contribution in [3.05, 3.63) is 17.8 Å². The smallest absolute Gasteiger partial charge is 0.339 e. The molecule has 0 aliphatic heterocycles. The molecule has 1 aromatic heterocycles. The third kappa shape index (κ3) is 2.08. The predicted octanol–water partition coefficient (Wildman–Crippen LogP) is 1.57. The number of hydrogen-bond acceptors (Lipinski definition) is 4. The Balaban J connectivity index is 2.17. The van der Waals surface area contributed by atoms with Gasteiger partial charge in [-0.2, -0.15) is 0 Å². The molecule has 0 saturated heterocycles. The Morgan fingerprint density at radius 1 is 1.75 bits per heavy atom. The quantitative estimate of drug-likeness (QED) is 0.718. The highest BCUT2D eigenvalue weighted by molar-refractivity contribution is 5.94. The number of nitrogens with one attached hydrogen (secondary N) is 1. The Bertz CT molecular complexity index is 420. The molecule has 16 heavy (non-hydrogen) atoms. The van der Waals surface area contributed by atoms with E-state index in [9.17, 15) is 4.79 Å². The number of carboxylic acid groups (broad SMARTS) is 1. The van der Waals surface area contributed by atoms with Gasteiger partial charge >= 0.3 is 5.97 Å². The number of carboxylic acids is 1. The average Bonchev–Trinajstić information content (AvgIpc) is 2.99. The number of carbonyl (C=O) groups is 1. The van der Waals surface area contributed by atoms with Crippen LogP contribution in [0.3, 0.4) is 0 Å². The Hall–Kier alpha value is -1.78. The Morgan fingerprint density at radius 3 is 3.06 bits per heavy atom. The Morgan fingerprint density at radius 2 is 2.50 bits per heavy atom. The molecule has 0 aromatic carbocycles. The van der Waals surface area contributed by atoms with Crippen molar-refractivity contribution in [2.75, 3.05) is 11.1 Å². The third-order valence-electron chi connectivity index (χ3n) is 2.91. The Kier molecular flexibility index (Phi) is 2.68. The lowest BCUT2D eigenvalue weighted by molar-refractivity contribution is 0.0697. The topological polar surface area (TPSA) is 88.2 Å². The molecule has 1 fully saturated rings. The van der Waals surface area contributed by atoms with Crippen LogP contribution in [0.15, 0.2) is 12.3 Å². The van der Waals surface area contributed by atoms with Crippen LogP contribution < -0.4 is 11.1 Å². The van der Waals surface area contributed by atoms with Gasteiger partial charge in [-0.25, -0.2) is 9.78 Å². The van der Waals surface area contributed by atoms with E-state index in [0.717, 1.165) is 12.8 Å². The summed E-state index contributed by atoms with van der Waals surface area (Å²) in [5.74, 6) is 0.0552. The summed E-state index contributed by atoms with van der Waals surface area (Å²) in [6.45, 7) is 2.13. The fourth-order valence-corrected chi connectivity index (χ4v) is 1.81. The second-order valence-electron chi connectivity index (χ2n) is 4.12. The first-order valence-electron chi connectivity index (χ1n) is 5.37. The molecule has 5 nitrogen and oxygen atoms in total. The van der Waals surface area contributed by atoms with Crippen molar-refractivity contribution in [3.63, 3.8) is 0 Å². The van der Waals surface area contributed by atoms with E-state index in [-0.39, 0.29) is 5.56 Å². The number of aromatic nitrogens is 1. The van der Waals surface area contributed by atoms with E-state index >= 15 is 0 Å². The summed E-state index contributed by atoms with van der Waals surface area (Å²) < 4.78 is 0. The number of pyridine rings is 1. The van der Waals surface area contributed by atoms with Crippen molar-refractivity contribution >= 4 is 17.5 Å². The van der Waals surface area contributed by atoms with Gasteiger partial charge in [0.1, 0.15) is 11.4 Å². The standard InChI is InChI=1S/C11H15N3O2/c1-2-6-3-9(6)14-10-8(11(15)16)4-7(12)5-13-10/h4-6,9H,2-3,12H2,1H3,(H,13,14)(H,15,16). The highest BCUT2D eigenvalue weighted by atomic mass is 16.4. The lowest BCUT2D eigenvalue weighted by Gasteiger charge is -2.08. The van der Waals surface area contributed by atoms with Crippen molar-refractivity contribution in [2.45, 2.75) is 25.8 Å². The summed E-state index contributed by atoms with van der Waals surface area (Å²) in [6.07, 6.45) is 3.66. The van der Waals surface area contributed by atoms with Crippen LogP contribution in [0.25, 0.3) is 0 Å². The lowest BCUT2D eigenvalue weighted by Crippen LogP contribution is -2.12. The summed E-state index contributed by atoms with van der Waals surface area (Å²) in [6, 6.07) is 1.79. The normalized spacial score (nSPS) is 22.8. The minimum atomic E-state index is -1.00. The van der Waals surface area contributed by atoms with Gasteiger partial charge in [-0.15, -0.1) is 0 Å². The van der Waals surface area contributed by atoms with E-state index in [1.807, 2.05) is 0 Å². The molecular weight excluding hydrogens is 206 g/mol. The van der Waals surface area contributed by atoms with Gasteiger partial charge in [0.2, 0.25) is 0 Å². The van der Waals surface area contributed by atoms with Gasteiger partial charge in [0.05, 0.1) is 11.9 Å². The first-order valence-corrected chi connectivity index (χ1v) is 5.37. The summed E-state index contributed by atoms with van der Waals surface area (Å²) in [4.78, 5) is 15.0. The van der Waals surface area contributed by atoms with E-state index in [1.54, 1.807) is 0 Å². The van der Waals surface area contributed by atoms with Crippen LogP contribution in [0.1, 0.15) is 30.1 Å². The van der Waals surface area contributed by atoms with Crippen molar-refractivity contribution < 1.29 is 9.90 Å². The molecule has 1 aromatic rings. The Labute approximate surface area is 93.7 Å². The number of rotatable bonds is 4. The molecule has 0 amide bonds. The van der Waals surface area contributed by atoms with Crippen molar-refractivity contribution in [1.29, 1.82) is 0 Å². The number of aromatic carboxylic acids is 1. The van der Waals surface area contributed by atoms with Gasteiger partial charge in [-0.05, 0) is 18.4 Å². The molecule has 2 atom stereocenters. The largest absolute Gasteiger partial charge is 0.478 e. The number of hydrogen-bond donors (Lipinski definition) is 3. The zero-order chi connectivity index (χ0) is 11.7. The van der Waals surface area contributed by atoms with Gasteiger partial charge in [0, 0.05) is 6.04 Å². The first kappa shape index (κ1) is 10.7. The average molecular weight is 221 g/mol. The van der Waals surface area contributed by atoms with E-state index in [2.05, 4.69) is 17.2 Å². The van der Waals surface area contributed by atoms with Gasteiger partial charge in [0.25, 0.3) is 0 Å². The van der Waals surface area contributed by atoms with E-state index in [1.165, 1.54) is 12.3 Å². The van der Waals surface area contributed by atoms with Crippen molar-refractivity contribution in [3.8, 4) is 0 Å². The molecule has 5 heteroatoms. The van der Waals surface area contributed by atoms with Gasteiger partial charge in [-0.1, -0.05) is 13.3 Å². The molecule has 1 aliphatic rings. The molecule has 0 bridgehead atoms. The first-order chi connectivity index (χ1) is 7.61. The van der Waals surface area contributed by atoms with Gasteiger partial charge < -0.3 is 16.2 Å². The zero-order valence-electron chi connectivity index (χ0n) is 9.10. The number of nitrogens with zero attached hydrogens (tertiary/aromatic N) is 1. The fourth-order valence-electron chi connectivity index (χ4n) is 1.81. The van der Waals surface area contributed by atoms with Crippen LogP contribution in [0, 0.1) is 5.92 Å². The van der Waals surface area contributed by atoms with Crippen LogP contribution in [0.4, 0.5) is 11.5 Å². The highest BCUT2D eigenvalue weighted by Gasteiger charge is 2.36. The van der Waals surface area contributed by atoms with Crippen LogP contribution in [0.2, 0.25) is 0 Å². The molecule has 0 spiro atoms.